The lowest BCUT2D eigenvalue weighted by Gasteiger charge is -2.34. The van der Waals surface area contributed by atoms with Gasteiger partial charge in [-0.25, -0.2) is 0 Å². The average Bonchev–Trinajstić information content (AvgIpc) is 2.18. The van der Waals surface area contributed by atoms with Crippen LogP contribution in [0.4, 0.5) is 8.78 Å². The lowest BCUT2D eigenvalue weighted by atomic mass is 9.90. The van der Waals surface area contributed by atoms with E-state index in [0.29, 0.717) is 0 Å². The molecule has 0 bridgehead atoms. The van der Waals surface area contributed by atoms with Crippen LogP contribution in [0, 0.1) is 0 Å². The summed E-state index contributed by atoms with van der Waals surface area (Å²) in [5, 5.41) is 7.88. The standard InChI is InChI=1S/C10H10F2O2S/c1-9(14,10(11,12)8(13)15)7-5-3-2-4-6-7/h2-6,14H,1H3,(H,13,15)/p-1. The first-order valence-corrected chi connectivity index (χ1v) is 4.58. The number of alkyl halides is 2. The molecule has 1 unspecified atom stereocenters. The molecule has 1 aromatic rings. The Kier molecular flexibility index (Phi) is 3.06. The van der Waals surface area contributed by atoms with E-state index >= 15 is 0 Å². The lowest BCUT2D eigenvalue weighted by molar-refractivity contribution is -0.180. The van der Waals surface area contributed by atoms with E-state index in [9.17, 15) is 18.7 Å². The Morgan fingerprint density at radius 1 is 1.33 bits per heavy atom. The number of rotatable bonds is 3. The number of carbonyl (C=O) groups excluding carboxylic acids is 1. The van der Waals surface area contributed by atoms with Crippen LogP contribution in [0.25, 0.3) is 0 Å². The molecule has 0 radical (unpaired) electrons. The minimum absolute atomic E-state index is 0.0480. The Morgan fingerprint density at radius 3 is 2.20 bits per heavy atom. The monoisotopic (exact) mass is 231 g/mol. The van der Waals surface area contributed by atoms with E-state index in [4.69, 9.17) is 0 Å². The van der Waals surface area contributed by atoms with Crippen molar-refractivity contribution in [3.63, 3.8) is 0 Å². The van der Waals surface area contributed by atoms with Crippen molar-refractivity contribution in [2.24, 2.45) is 0 Å². The molecule has 15 heavy (non-hydrogen) atoms. The molecule has 1 N–H and O–H groups in total. The molecule has 0 fully saturated rings. The minimum Gasteiger partial charge on any atom is -0.736 e. The first kappa shape index (κ1) is 12.0. The Bertz CT molecular complexity index is 363. The normalized spacial score (nSPS) is 15.7. The molecule has 0 heterocycles. The molecule has 0 amide bonds. The maximum Gasteiger partial charge on any atom is 0.316 e. The fourth-order valence-corrected chi connectivity index (χ4v) is 1.34. The number of aliphatic hydroxyl groups is 1. The summed E-state index contributed by atoms with van der Waals surface area (Å²) in [4.78, 5) is 10.6. The quantitative estimate of drug-likeness (QED) is 0.803. The summed E-state index contributed by atoms with van der Waals surface area (Å²) in [5.74, 6) is -3.97. The van der Waals surface area contributed by atoms with Crippen molar-refractivity contribution < 1.29 is 18.7 Å². The van der Waals surface area contributed by atoms with Crippen molar-refractivity contribution >= 4 is 17.7 Å². The van der Waals surface area contributed by atoms with Crippen molar-refractivity contribution in [2.75, 3.05) is 0 Å². The predicted octanol–water partition coefficient (Wildman–Crippen LogP) is 1.60. The van der Waals surface area contributed by atoms with E-state index < -0.39 is 16.6 Å². The SMILES string of the molecule is CC(O)(c1ccccc1)C(F)(F)C(=O)[S-]. The Labute approximate surface area is 91.3 Å². The largest absolute Gasteiger partial charge is 0.736 e. The number of halogens is 2. The molecule has 5 heteroatoms. The number of hydrogen-bond donors (Lipinski definition) is 1. The number of carbonyl (C=O) groups is 1. The van der Waals surface area contributed by atoms with Crippen LogP contribution in [0.3, 0.4) is 0 Å². The van der Waals surface area contributed by atoms with Crippen molar-refractivity contribution in [3.8, 4) is 0 Å². The van der Waals surface area contributed by atoms with Crippen molar-refractivity contribution in [3.05, 3.63) is 35.9 Å². The second-order valence-electron chi connectivity index (χ2n) is 3.30. The van der Waals surface area contributed by atoms with Gasteiger partial charge in [-0.1, -0.05) is 30.3 Å². The molecular formula is C10H9F2O2S-. The molecule has 0 saturated carbocycles. The van der Waals surface area contributed by atoms with Crippen molar-refractivity contribution in [2.45, 2.75) is 18.4 Å². The van der Waals surface area contributed by atoms with Gasteiger partial charge in [0, 0.05) is 0 Å². The zero-order valence-corrected chi connectivity index (χ0v) is 8.72. The fraction of sp³-hybridized carbons (Fsp3) is 0.300. The van der Waals surface area contributed by atoms with Gasteiger partial charge in [0.25, 0.3) is 0 Å². The molecule has 1 rings (SSSR count). The summed E-state index contributed by atoms with van der Waals surface area (Å²) >= 11 is 3.91. The van der Waals surface area contributed by atoms with Crippen LogP contribution < -0.4 is 0 Å². The Balaban J connectivity index is 3.19. The van der Waals surface area contributed by atoms with Gasteiger partial charge in [-0.3, -0.25) is 0 Å². The van der Waals surface area contributed by atoms with E-state index in [0.717, 1.165) is 6.92 Å². The smallest absolute Gasteiger partial charge is 0.316 e. The highest BCUT2D eigenvalue weighted by Crippen LogP contribution is 2.37. The fourth-order valence-electron chi connectivity index (χ4n) is 1.14. The first-order valence-electron chi connectivity index (χ1n) is 4.17. The van der Waals surface area contributed by atoms with Crippen molar-refractivity contribution in [1.29, 1.82) is 0 Å². The van der Waals surface area contributed by atoms with E-state index in [2.05, 4.69) is 12.6 Å². The summed E-state index contributed by atoms with van der Waals surface area (Å²) in [7, 11) is 0. The van der Waals surface area contributed by atoms with Crippen molar-refractivity contribution in [1.82, 2.24) is 0 Å². The Hall–Kier alpha value is -1.07. The van der Waals surface area contributed by atoms with Gasteiger partial charge in [-0.15, -0.1) is 0 Å². The molecule has 0 aliphatic carbocycles. The maximum atomic E-state index is 13.3. The topological polar surface area (TPSA) is 37.3 Å². The van der Waals surface area contributed by atoms with E-state index in [-0.39, 0.29) is 5.56 Å². The van der Waals surface area contributed by atoms with Crippen LogP contribution >= 0.6 is 0 Å². The zero-order valence-electron chi connectivity index (χ0n) is 7.91. The second kappa shape index (κ2) is 3.83. The summed E-state index contributed by atoms with van der Waals surface area (Å²) < 4.78 is 26.6. The number of benzene rings is 1. The van der Waals surface area contributed by atoms with E-state index in [1.807, 2.05) is 0 Å². The number of hydrogen-bond acceptors (Lipinski definition) is 3. The van der Waals surface area contributed by atoms with Gasteiger partial charge < -0.3 is 22.5 Å². The summed E-state index contributed by atoms with van der Waals surface area (Å²) in [6.45, 7) is 0.868. The molecular weight excluding hydrogens is 222 g/mol. The van der Waals surface area contributed by atoms with Crippen LogP contribution in [-0.2, 0) is 23.0 Å². The molecule has 0 spiro atoms. The van der Waals surface area contributed by atoms with Gasteiger partial charge in [-0.05, 0) is 12.5 Å². The molecule has 0 aromatic heterocycles. The first-order chi connectivity index (χ1) is 6.80. The Morgan fingerprint density at radius 2 is 1.80 bits per heavy atom. The molecule has 0 saturated heterocycles. The molecule has 1 aromatic carbocycles. The zero-order chi connectivity index (χ0) is 11.7. The maximum absolute atomic E-state index is 13.3. The van der Waals surface area contributed by atoms with Crippen LogP contribution in [0.2, 0.25) is 0 Å². The third kappa shape index (κ3) is 1.98. The molecule has 0 aliphatic rings. The van der Waals surface area contributed by atoms with Crippen LogP contribution in [0.1, 0.15) is 12.5 Å². The highest BCUT2D eigenvalue weighted by Gasteiger charge is 2.51. The van der Waals surface area contributed by atoms with Gasteiger partial charge in [0.05, 0.1) is 5.12 Å². The lowest BCUT2D eigenvalue weighted by Crippen LogP contribution is -2.48. The van der Waals surface area contributed by atoms with Gasteiger partial charge in [0.2, 0.25) is 0 Å². The average molecular weight is 231 g/mol. The highest BCUT2D eigenvalue weighted by molar-refractivity contribution is 7.77. The summed E-state index contributed by atoms with van der Waals surface area (Å²) in [6.07, 6.45) is 0. The molecule has 1 atom stereocenters. The van der Waals surface area contributed by atoms with E-state index in [1.54, 1.807) is 6.07 Å². The third-order valence-corrected chi connectivity index (χ3v) is 2.46. The molecule has 0 aliphatic heterocycles. The van der Waals surface area contributed by atoms with Gasteiger partial charge >= 0.3 is 5.92 Å². The van der Waals surface area contributed by atoms with Gasteiger partial charge in [0.15, 0.2) is 5.60 Å². The van der Waals surface area contributed by atoms with Crippen LogP contribution in [-0.4, -0.2) is 16.1 Å². The highest BCUT2D eigenvalue weighted by atomic mass is 32.1. The molecule has 82 valence electrons. The summed E-state index contributed by atoms with van der Waals surface area (Å²) in [5.41, 5.74) is -2.62. The van der Waals surface area contributed by atoms with Gasteiger partial charge in [0.1, 0.15) is 0 Å². The molecule has 2 nitrogen and oxygen atoms in total. The van der Waals surface area contributed by atoms with E-state index in [1.165, 1.54) is 24.3 Å². The minimum atomic E-state index is -3.97. The summed E-state index contributed by atoms with van der Waals surface area (Å²) in [6, 6.07) is 7.23. The third-order valence-electron chi connectivity index (χ3n) is 2.20. The predicted molar refractivity (Wildman–Crippen MR) is 53.3 cm³/mol. The van der Waals surface area contributed by atoms with Crippen LogP contribution in [0.15, 0.2) is 30.3 Å². The van der Waals surface area contributed by atoms with Gasteiger partial charge in [-0.2, -0.15) is 8.78 Å². The van der Waals surface area contributed by atoms with Crippen LogP contribution in [0.5, 0.6) is 0 Å². The second-order valence-corrected chi connectivity index (χ2v) is 3.67.